The number of hydrogen-bond acceptors (Lipinski definition) is 5. The van der Waals surface area contributed by atoms with Gasteiger partial charge in [0.2, 0.25) is 0 Å². The van der Waals surface area contributed by atoms with Crippen LogP contribution in [0.15, 0.2) is 36.4 Å². The molecule has 1 aliphatic rings. The van der Waals surface area contributed by atoms with Gasteiger partial charge in [-0.05, 0) is 86.0 Å². The van der Waals surface area contributed by atoms with Crippen LogP contribution in [0.4, 0.5) is 0 Å². The summed E-state index contributed by atoms with van der Waals surface area (Å²) in [4.78, 5) is 17.7. The Hall–Kier alpha value is -2.37. The number of nitrogens with zero attached hydrogens (tertiary/aromatic N) is 2. The number of rotatable bonds is 14. The van der Waals surface area contributed by atoms with Gasteiger partial charge in [-0.15, -0.1) is 0 Å². The van der Waals surface area contributed by atoms with Gasteiger partial charge in [0.1, 0.15) is 11.5 Å². The first-order chi connectivity index (χ1) is 16.1. The van der Waals surface area contributed by atoms with Crippen molar-refractivity contribution in [3.05, 3.63) is 47.5 Å². The Balaban J connectivity index is 1.60. The molecule has 0 radical (unpaired) electrons. The molecular weight excluding hydrogens is 412 g/mol. The van der Waals surface area contributed by atoms with Crippen molar-refractivity contribution in [3.8, 4) is 22.6 Å². The zero-order chi connectivity index (χ0) is 23.6. The SMILES string of the molecule is CCN(CC)CCCOc1ccc2c(c1)CC(=O)c1cc(OCCCN(CC)CC)ccc1-2. The van der Waals surface area contributed by atoms with E-state index in [1.807, 2.05) is 30.3 Å². The van der Waals surface area contributed by atoms with Crippen molar-refractivity contribution < 1.29 is 14.3 Å². The number of benzene rings is 2. The minimum atomic E-state index is 0.143. The molecule has 2 aromatic carbocycles. The Morgan fingerprint density at radius 2 is 1.21 bits per heavy atom. The molecule has 0 amide bonds. The molecule has 0 aromatic heterocycles. The lowest BCUT2D eigenvalue weighted by molar-refractivity contribution is 0.0991. The largest absolute Gasteiger partial charge is 0.494 e. The Kier molecular flexibility index (Phi) is 9.76. The Morgan fingerprint density at radius 1 is 0.697 bits per heavy atom. The van der Waals surface area contributed by atoms with Crippen LogP contribution in [0, 0.1) is 0 Å². The summed E-state index contributed by atoms with van der Waals surface area (Å²) < 4.78 is 11.9. The van der Waals surface area contributed by atoms with Crippen LogP contribution < -0.4 is 9.47 Å². The second-order valence-electron chi connectivity index (χ2n) is 8.58. The summed E-state index contributed by atoms with van der Waals surface area (Å²) in [5, 5.41) is 0. The predicted octanol–water partition coefficient (Wildman–Crippen LogP) is 5.31. The van der Waals surface area contributed by atoms with Crippen LogP contribution in [0.25, 0.3) is 11.1 Å². The number of fused-ring (bicyclic) bond motifs is 3. The standard InChI is InChI=1S/C28H40N2O3/c1-5-29(6-2)15-9-17-32-23-11-13-25-22(19-23)20-28(31)27-21-24(12-14-26(25)27)33-18-10-16-30(7-3)8-4/h11-14,19,21H,5-10,15-18,20H2,1-4H3. The normalized spacial score (nSPS) is 12.7. The lowest BCUT2D eigenvalue weighted by Gasteiger charge is -2.21. The van der Waals surface area contributed by atoms with E-state index in [0.29, 0.717) is 19.6 Å². The number of carbonyl (C=O) groups excluding carboxylic acids is 1. The summed E-state index contributed by atoms with van der Waals surface area (Å²) >= 11 is 0. The van der Waals surface area contributed by atoms with Crippen molar-refractivity contribution in [2.24, 2.45) is 0 Å². The van der Waals surface area contributed by atoms with Gasteiger partial charge in [0.15, 0.2) is 5.78 Å². The van der Waals surface area contributed by atoms with Crippen LogP contribution in [-0.2, 0) is 6.42 Å². The smallest absolute Gasteiger partial charge is 0.168 e. The first-order valence-electron chi connectivity index (χ1n) is 12.6. The molecule has 3 rings (SSSR count). The molecule has 0 fully saturated rings. The fraction of sp³-hybridized carbons (Fsp3) is 0.536. The topological polar surface area (TPSA) is 42.0 Å². The molecule has 2 aromatic rings. The Bertz CT molecular complexity index is 904. The molecule has 5 nitrogen and oxygen atoms in total. The molecule has 0 unspecified atom stereocenters. The Morgan fingerprint density at radius 3 is 1.76 bits per heavy atom. The van der Waals surface area contributed by atoms with Gasteiger partial charge in [-0.2, -0.15) is 0 Å². The van der Waals surface area contributed by atoms with Crippen LogP contribution in [0.2, 0.25) is 0 Å². The average Bonchev–Trinajstić information content (AvgIpc) is 2.84. The van der Waals surface area contributed by atoms with Crippen LogP contribution in [-0.4, -0.2) is 68.1 Å². The lowest BCUT2D eigenvalue weighted by atomic mass is 9.84. The van der Waals surface area contributed by atoms with Crippen LogP contribution in [0.3, 0.4) is 0 Å². The first kappa shape index (κ1) is 25.3. The third kappa shape index (κ3) is 6.81. The minimum Gasteiger partial charge on any atom is -0.494 e. The molecule has 0 atom stereocenters. The zero-order valence-electron chi connectivity index (χ0n) is 20.9. The summed E-state index contributed by atoms with van der Waals surface area (Å²) in [6.45, 7) is 16.4. The quantitative estimate of drug-likeness (QED) is 0.363. The minimum absolute atomic E-state index is 0.143. The maximum atomic E-state index is 12.9. The third-order valence-electron chi connectivity index (χ3n) is 6.57. The second-order valence-corrected chi connectivity index (χ2v) is 8.58. The third-order valence-corrected chi connectivity index (χ3v) is 6.57. The molecule has 1 aliphatic carbocycles. The van der Waals surface area contributed by atoms with Gasteiger partial charge < -0.3 is 19.3 Å². The highest BCUT2D eigenvalue weighted by Gasteiger charge is 2.23. The van der Waals surface area contributed by atoms with Gasteiger partial charge in [0.05, 0.1) is 13.2 Å². The van der Waals surface area contributed by atoms with Crippen molar-refractivity contribution in [2.75, 3.05) is 52.5 Å². The van der Waals surface area contributed by atoms with E-state index in [4.69, 9.17) is 9.47 Å². The van der Waals surface area contributed by atoms with Gasteiger partial charge in [0, 0.05) is 25.1 Å². The van der Waals surface area contributed by atoms with Gasteiger partial charge in [-0.3, -0.25) is 4.79 Å². The van der Waals surface area contributed by atoms with Gasteiger partial charge >= 0.3 is 0 Å². The van der Waals surface area contributed by atoms with Crippen molar-refractivity contribution in [2.45, 2.75) is 47.0 Å². The first-order valence-corrected chi connectivity index (χ1v) is 12.6. The summed E-state index contributed by atoms with van der Waals surface area (Å²) in [6, 6.07) is 12.1. The van der Waals surface area contributed by atoms with E-state index in [1.54, 1.807) is 0 Å². The van der Waals surface area contributed by atoms with Gasteiger partial charge in [-0.25, -0.2) is 0 Å². The number of ether oxygens (including phenoxy) is 2. The fourth-order valence-corrected chi connectivity index (χ4v) is 4.45. The fourth-order valence-electron chi connectivity index (χ4n) is 4.45. The zero-order valence-corrected chi connectivity index (χ0v) is 20.9. The molecule has 0 spiro atoms. The molecule has 180 valence electrons. The monoisotopic (exact) mass is 452 g/mol. The van der Waals surface area contributed by atoms with E-state index in [9.17, 15) is 4.79 Å². The van der Waals surface area contributed by atoms with E-state index in [2.05, 4.69) is 43.6 Å². The average molecular weight is 453 g/mol. The molecule has 0 heterocycles. The van der Waals surface area contributed by atoms with E-state index in [0.717, 1.165) is 85.9 Å². The van der Waals surface area contributed by atoms with E-state index < -0.39 is 0 Å². The highest BCUT2D eigenvalue weighted by atomic mass is 16.5. The van der Waals surface area contributed by atoms with Crippen molar-refractivity contribution in [3.63, 3.8) is 0 Å². The maximum absolute atomic E-state index is 12.9. The molecule has 0 N–H and O–H groups in total. The highest BCUT2D eigenvalue weighted by Crippen LogP contribution is 2.37. The number of carbonyl (C=O) groups is 1. The maximum Gasteiger partial charge on any atom is 0.168 e. The van der Waals surface area contributed by atoms with Crippen LogP contribution >= 0.6 is 0 Å². The summed E-state index contributed by atoms with van der Waals surface area (Å²) in [7, 11) is 0. The number of Topliss-reactive ketones (excluding diaryl/α,β-unsaturated/α-hetero) is 1. The molecule has 0 aliphatic heterocycles. The molecule has 0 saturated heterocycles. The van der Waals surface area contributed by atoms with Gasteiger partial charge in [0.25, 0.3) is 0 Å². The highest BCUT2D eigenvalue weighted by molar-refractivity contribution is 6.07. The van der Waals surface area contributed by atoms with E-state index in [-0.39, 0.29) is 5.78 Å². The van der Waals surface area contributed by atoms with Gasteiger partial charge in [-0.1, -0.05) is 33.8 Å². The molecule has 33 heavy (non-hydrogen) atoms. The van der Waals surface area contributed by atoms with Crippen LogP contribution in [0.1, 0.15) is 56.5 Å². The molecule has 5 heteroatoms. The molecule has 0 bridgehead atoms. The van der Waals surface area contributed by atoms with Crippen molar-refractivity contribution >= 4 is 5.78 Å². The number of ketones is 1. The Labute approximate surface area is 199 Å². The van der Waals surface area contributed by atoms with Crippen molar-refractivity contribution in [1.29, 1.82) is 0 Å². The predicted molar refractivity (Wildman–Crippen MR) is 136 cm³/mol. The molecular formula is C28H40N2O3. The summed E-state index contributed by atoms with van der Waals surface area (Å²) in [5.74, 6) is 1.76. The van der Waals surface area contributed by atoms with E-state index in [1.165, 1.54) is 0 Å². The van der Waals surface area contributed by atoms with Crippen LogP contribution in [0.5, 0.6) is 11.5 Å². The lowest BCUT2D eigenvalue weighted by Crippen LogP contribution is -2.25. The second kappa shape index (κ2) is 12.8. The van der Waals surface area contributed by atoms with Crippen molar-refractivity contribution in [1.82, 2.24) is 9.80 Å². The molecule has 0 saturated carbocycles. The summed E-state index contributed by atoms with van der Waals surface area (Å²) in [6.07, 6.45) is 2.38. The van der Waals surface area contributed by atoms with E-state index >= 15 is 0 Å². The summed E-state index contributed by atoms with van der Waals surface area (Å²) in [5.41, 5.74) is 3.91. The number of hydrogen-bond donors (Lipinski definition) is 0.